The van der Waals surface area contributed by atoms with Gasteiger partial charge in [0, 0.05) is 13.0 Å². The van der Waals surface area contributed by atoms with E-state index in [0.29, 0.717) is 19.4 Å². The van der Waals surface area contributed by atoms with Crippen molar-refractivity contribution in [3.63, 3.8) is 0 Å². The first kappa shape index (κ1) is 18.7. The third-order valence-electron chi connectivity index (χ3n) is 3.84. The molecule has 1 amide bonds. The predicted molar refractivity (Wildman–Crippen MR) is 97.0 cm³/mol. The number of ether oxygens (including phenoxy) is 1. The summed E-state index contributed by atoms with van der Waals surface area (Å²) < 4.78 is 4.57. The summed E-state index contributed by atoms with van der Waals surface area (Å²) in [5.74, 6) is -0.359. The summed E-state index contributed by atoms with van der Waals surface area (Å²) in [6, 6.07) is 20.0. The molecule has 2 rings (SSSR count). The molecule has 0 saturated heterocycles. The number of esters is 1. The van der Waals surface area contributed by atoms with E-state index < -0.39 is 0 Å². The van der Waals surface area contributed by atoms with Crippen LogP contribution in [-0.2, 0) is 14.3 Å². The van der Waals surface area contributed by atoms with Crippen molar-refractivity contribution >= 4 is 11.9 Å². The molecule has 0 spiro atoms. The second-order valence-corrected chi connectivity index (χ2v) is 5.66. The van der Waals surface area contributed by atoms with Crippen LogP contribution >= 0.6 is 0 Å². The van der Waals surface area contributed by atoms with Crippen LogP contribution in [0.1, 0.15) is 30.0 Å². The molecule has 2 aromatic carbocycles. The summed E-state index contributed by atoms with van der Waals surface area (Å²) in [4.78, 5) is 23.1. The van der Waals surface area contributed by atoms with Gasteiger partial charge in [-0.3, -0.25) is 14.9 Å². The van der Waals surface area contributed by atoms with Gasteiger partial charge in [0.2, 0.25) is 5.91 Å². The molecule has 2 N–H and O–H groups in total. The maximum absolute atomic E-state index is 12.0. The Morgan fingerprint density at radius 2 is 1.52 bits per heavy atom. The minimum atomic E-state index is -0.263. The fourth-order valence-corrected chi connectivity index (χ4v) is 2.54. The second kappa shape index (κ2) is 10.3. The van der Waals surface area contributed by atoms with Gasteiger partial charge in [-0.2, -0.15) is 0 Å². The molecule has 0 aliphatic rings. The van der Waals surface area contributed by atoms with E-state index >= 15 is 0 Å². The van der Waals surface area contributed by atoms with Crippen molar-refractivity contribution in [2.24, 2.45) is 0 Å². The summed E-state index contributed by atoms with van der Waals surface area (Å²) in [6.07, 6.45) is 0.875. The normalized spacial score (nSPS) is 10.5. The fraction of sp³-hybridized carbons (Fsp3) is 0.300. The molecule has 5 heteroatoms. The maximum atomic E-state index is 12.0. The van der Waals surface area contributed by atoms with Gasteiger partial charge in [0.05, 0.1) is 19.7 Å². The monoisotopic (exact) mass is 340 g/mol. The minimum Gasteiger partial charge on any atom is -0.469 e. The van der Waals surface area contributed by atoms with E-state index in [2.05, 4.69) is 15.4 Å². The molecular weight excluding hydrogens is 316 g/mol. The third kappa shape index (κ3) is 6.39. The lowest BCUT2D eigenvalue weighted by Gasteiger charge is -2.19. The highest BCUT2D eigenvalue weighted by Crippen LogP contribution is 2.21. The number of nitrogens with one attached hydrogen (secondary N) is 2. The Morgan fingerprint density at radius 3 is 2.04 bits per heavy atom. The van der Waals surface area contributed by atoms with E-state index in [-0.39, 0.29) is 24.5 Å². The first-order chi connectivity index (χ1) is 12.2. The van der Waals surface area contributed by atoms with Gasteiger partial charge < -0.3 is 10.1 Å². The quantitative estimate of drug-likeness (QED) is 0.543. The Hall–Kier alpha value is -2.66. The zero-order chi connectivity index (χ0) is 17.9. The first-order valence-corrected chi connectivity index (χ1v) is 8.37. The van der Waals surface area contributed by atoms with Crippen LogP contribution < -0.4 is 10.6 Å². The average Bonchev–Trinajstić information content (AvgIpc) is 2.67. The number of carbonyl (C=O) groups is 2. The lowest BCUT2D eigenvalue weighted by molar-refractivity contribution is -0.140. The molecule has 0 unspecified atom stereocenters. The van der Waals surface area contributed by atoms with Crippen LogP contribution in [0.25, 0.3) is 0 Å². The number of methoxy groups -OCH3 is 1. The van der Waals surface area contributed by atoms with Crippen molar-refractivity contribution in [1.82, 2.24) is 10.6 Å². The molecule has 5 nitrogen and oxygen atoms in total. The Morgan fingerprint density at radius 1 is 0.960 bits per heavy atom. The largest absolute Gasteiger partial charge is 0.469 e. The smallest absolute Gasteiger partial charge is 0.305 e. The van der Waals surface area contributed by atoms with Crippen molar-refractivity contribution in [2.45, 2.75) is 18.9 Å². The highest BCUT2D eigenvalue weighted by molar-refractivity contribution is 5.78. The van der Waals surface area contributed by atoms with Gasteiger partial charge in [-0.05, 0) is 17.5 Å². The van der Waals surface area contributed by atoms with Gasteiger partial charge in [-0.1, -0.05) is 60.7 Å². The number of rotatable bonds is 9. The molecule has 0 radical (unpaired) electrons. The zero-order valence-electron chi connectivity index (χ0n) is 14.4. The Balaban J connectivity index is 1.88. The summed E-state index contributed by atoms with van der Waals surface area (Å²) in [5, 5.41) is 6.12. The van der Waals surface area contributed by atoms with E-state index in [0.717, 1.165) is 11.1 Å². The van der Waals surface area contributed by atoms with E-state index in [1.165, 1.54) is 7.11 Å². The minimum absolute atomic E-state index is 0.0526. The number of hydrogen-bond acceptors (Lipinski definition) is 4. The molecule has 0 bridgehead atoms. The highest BCUT2D eigenvalue weighted by atomic mass is 16.5. The molecule has 0 fully saturated rings. The van der Waals surface area contributed by atoms with Crippen LogP contribution in [0.5, 0.6) is 0 Å². The number of hydrogen-bond donors (Lipinski definition) is 2. The Bertz CT molecular complexity index is 620. The van der Waals surface area contributed by atoms with Crippen LogP contribution in [-0.4, -0.2) is 32.1 Å². The summed E-state index contributed by atoms with van der Waals surface area (Å²) in [5.41, 5.74) is 2.21. The van der Waals surface area contributed by atoms with Crippen LogP contribution in [0, 0.1) is 0 Å². The number of carbonyl (C=O) groups excluding carboxylic acids is 2. The molecule has 132 valence electrons. The van der Waals surface area contributed by atoms with Crippen molar-refractivity contribution in [1.29, 1.82) is 0 Å². The Labute approximate surface area is 148 Å². The Kier molecular flexibility index (Phi) is 7.66. The molecule has 0 heterocycles. The predicted octanol–water partition coefficient (Wildman–Crippen LogP) is 2.43. The SMILES string of the molecule is COC(=O)CCCNC(=O)CNC(c1ccccc1)c1ccccc1. The topological polar surface area (TPSA) is 67.4 Å². The molecule has 0 atom stereocenters. The molecule has 25 heavy (non-hydrogen) atoms. The molecular formula is C20H24N2O3. The summed E-state index contributed by atoms with van der Waals surface area (Å²) in [6.45, 7) is 0.656. The van der Waals surface area contributed by atoms with Gasteiger partial charge in [0.1, 0.15) is 0 Å². The summed E-state index contributed by atoms with van der Waals surface area (Å²) >= 11 is 0. The van der Waals surface area contributed by atoms with Crippen molar-refractivity contribution in [3.8, 4) is 0 Å². The van der Waals surface area contributed by atoms with Crippen LogP contribution in [0.2, 0.25) is 0 Å². The van der Waals surface area contributed by atoms with E-state index in [4.69, 9.17) is 0 Å². The molecule has 2 aromatic rings. The van der Waals surface area contributed by atoms with Crippen molar-refractivity contribution in [2.75, 3.05) is 20.2 Å². The van der Waals surface area contributed by atoms with Gasteiger partial charge in [-0.25, -0.2) is 0 Å². The van der Waals surface area contributed by atoms with E-state index in [1.54, 1.807) is 0 Å². The molecule has 0 aromatic heterocycles. The fourth-order valence-electron chi connectivity index (χ4n) is 2.54. The standard InChI is InChI=1S/C20H24N2O3/c1-25-19(24)13-8-14-21-18(23)15-22-20(16-9-4-2-5-10-16)17-11-6-3-7-12-17/h2-7,9-12,20,22H,8,13-15H2,1H3,(H,21,23). The number of amides is 1. The second-order valence-electron chi connectivity index (χ2n) is 5.66. The van der Waals surface area contributed by atoms with Crippen LogP contribution in [0.3, 0.4) is 0 Å². The first-order valence-electron chi connectivity index (χ1n) is 8.37. The molecule has 0 saturated carbocycles. The van der Waals surface area contributed by atoms with E-state index in [1.807, 2.05) is 60.7 Å². The summed E-state index contributed by atoms with van der Waals surface area (Å²) in [7, 11) is 1.36. The maximum Gasteiger partial charge on any atom is 0.305 e. The van der Waals surface area contributed by atoms with Gasteiger partial charge in [0.15, 0.2) is 0 Å². The van der Waals surface area contributed by atoms with Crippen LogP contribution in [0.15, 0.2) is 60.7 Å². The van der Waals surface area contributed by atoms with Gasteiger partial charge >= 0.3 is 5.97 Å². The molecule has 0 aliphatic heterocycles. The number of benzene rings is 2. The lowest BCUT2D eigenvalue weighted by Crippen LogP contribution is -2.36. The molecule has 0 aliphatic carbocycles. The lowest BCUT2D eigenvalue weighted by atomic mass is 9.99. The third-order valence-corrected chi connectivity index (χ3v) is 3.84. The van der Waals surface area contributed by atoms with Crippen molar-refractivity contribution in [3.05, 3.63) is 71.8 Å². The highest BCUT2D eigenvalue weighted by Gasteiger charge is 2.14. The van der Waals surface area contributed by atoms with Crippen LogP contribution in [0.4, 0.5) is 0 Å². The zero-order valence-corrected chi connectivity index (χ0v) is 14.4. The van der Waals surface area contributed by atoms with Gasteiger partial charge in [0.25, 0.3) is 0 Å². The van der Waals surface area contributed by atoms with Gasteiger partial charge in [-0.15, -0.1) is 0 Å². The van der Waals surface area contributed by atoms with E-state index in [9.17, 15) is 9.59 Å². The van der Waals surface area contributed by atoms with Crippen molar-refractivity contribution < 1.29 is 14.3 Å². The average molecular weight is 340 g/mol.